The van der Waals surface area contributed by atoms with Gasteiger partial charge >= 0.3 is 0 Å². The molecule has 70 valence electrons. The van der Waals surface area contributed by atoms with Crippen LogP contribution in [0, 0.1) is 26.2 Å². The van der Waals surface area contributed by atoms with Gasteiger partial charge in [0.15, 0.2) is 0 Å². The van der Waals surface area contributed by atoms with Crippen LogP contribution in [0.25, 0.3) is 11.0 Å². The van der Waals surface area contributed by atoms with Crippen LogP contribution in [0.15, 0.2) is 12.1 Å². The van der Waals surface area contributed by atoms with E-state index in [0.29, 0.717) is 6.54 Å². The molecule has 0 saturated carbocycles. The van der Waals surface area contributed by atoms with Crippen molar-refractivity contribution in [2.24, 2.45) is 0 Å². The minimum atomic E-state index is 0.471. The van der Waals surface area contributed by atoms with Gasteiger partial charge in [0, 0.05) is 0 Å². The third kappa shape index (κ3) is 1.25. The average Bonchev–Trinajstić information content (AvgIpc) is 2.51. The van der Waals surface area contributed by atoms with E-state index in [2.05, 4.69) is 36.1 Å². The average molecular weight is 185 g/mol. The molecule has 1 aromatic heterocycles. The van der Waals surface area contributed by atoms with E-state index in [1.165, 1.54) is 11.1 Å². The fourth-order valence-corrected chi connectivity index (χ4v) is 1.43. The molecule has 2 rings (SSSR count). The van der Waals surface area contributed by atoms with Gasteiger partial charge in [0.05, 0.1) is 5.52 Å². The standard InChI is InChI=1S/C11H11N3/c1-4-5-14-11-7-9(3)8(2)6-10(11)12-13-14/h1,6-7H,5H2,2-3H3. The van der Waals surface area contributed by atoms with Crippen molar-refractivity contribution in [3.05, 3.63) is 23.3 Å². The van der Waals surface area contributed by atoms with Gasteiger partial charge in [-0.3, -0.25) is 0 Å². The SMILES string of the molecule is C#CCn1nnc2cc(C)c(C)cc21. The Labute approximate surface area is 82.7 Å². The Balaban J connectivity index is 2.69. The summed E-state index contributed by atoms with van der Waals surface area (Å²) in [5.41, 5.74) is 4.37. The number of nitrogens with zero attached hydrogens (tertiary/aromatic N) is 3. The van der Waals surface area contributed by atoms with Crippen LogP contribution in [0.3, 0.4) is 0 Å². The Morgan fingerprint density at radius 2 is 2.07 bits per heavy atom. The molecule has 0 fully saturated rings. The number of hydrogen-bond acceptors (Lipinski definition) is 2. The van der Waals surface area contributed by atoms with Crippen molar-refractivity contribution >= 4 is 11.0 Å². The lowest BCUT2D eigenvalue weighted by Crippen LogP contribution is -1.97. The Morgan fingerprint density at radius 1 is 1.36 bits per heavy atom. The Hall–Kier alpha value is -1.82. The summed E-state index contributed by atoms with van der Waals surface area (Å²) in [6, 6.07) is 4.10. The predicted octanol–water partition coefficient (Wildman–Crippen LogP) is 1.68. The normalized spacial score (nSPS) is 10.4. The fourth-order valence-electron chi connectivity index (χ4n) is 1.43. The fraction of sp³-hybridized carbons (Fsp3) is 0.273. The van der Waals surface area contributed by atoms with Crippen molar-refractivity contribution in [1.29, 1.82) is 0 Å². The van der Waals surface area contributed by atoms with E-state index in [9.17, 15) is 0 Å². The second-order valence-electron chi connectivity index (χ2n) is 3.38. The molecule has 3 heteroatoms. The molecular weight excluding hydrogens is 174 g/mol. The first kappa shape index (κ1) is 8.76. The highest BCUT2D eigenvalue weighted by atomic mass is 15.4. The Morgan fingerprint density at radius 3 is 2.79 bits per heavy atom. The number of aryl methyl sites for hydroxylation is 2. The van der Waals surface area contributed by atoms with Crippen molar-refractivity contribution in [1.82, 2.24) is 15.0 Å². The van der Waals surface area contributed by atoms with Gasteiger partial charge in [-0.1, -0.05) is 11.1 Å². The van der Waals surface area contributed by atoms with E-state index < -0.39 is 0 Å². The molecule has 0 aliphatic heterocycles. The largest absolute Gasteiger partial charge is 0.233 e. The zero-order valence-corrected chi connectivity index (χ0v) is 8.28. The lowest BCUT2D eigenvalue weighted by molar-refractivity contribution is 0.694. The lowest BCUT2D eigenvalue weighted by atomic mass is 10.1. The smallest absolute Gasteiger partial charge is 0.113 e. The van der Waals surface area contributed by atoms with Crippen molar-refractivity contribution in [3.63, 3.8) is 0 Å². The quantitative estimate of drug-likeness (QED) is 0.633. The zero-order valence-electron chi connectivity index (χ0n) is 8.28. The molecule has 1 aromatic carbocycles. The number of terminal acetylenes is 1. The van der Waals surface area contributed by atoms with Gasteiger partial charge in [-0.25, -0.2) is 4.68 Å². The Kier molecular flexibility index (Phi) is 1.97. The first-order valence-corrected chi connectivity index (χ1v) is 4.46. The summed E-state index contributed by atoms with van der Waals surface area (Å²) in [5, 5.41) is 8.05. The van der Waals surface area contributed by atoms with Gasteiger partial charge in [-0.2, -0.15) is 0 Å². The van der Waals surface area contributed by atoms with Crippen LogP contribution >= 0.6 is 0 Å². The maximum Gasteiger partial charge on any atom is 0.113 e. The van der Waals surface area contributed by atoms with Crippen molar-refractivity contribution < 1.29 is 0 Å². The van der Waals surface area contributed by atoms with Crippen molar-refractivity contribution in [2.45, 2.75) is 20.4 Å². The minimum Gasteiger partial charge on any atom is -0.233 e. The summed E-state index contributed by atoms with van der Waals surface area (Å²) in [6.07, 6.45) is 5.24. The predicted molar refractivity (Wildman–Crippen MR) is 55.8 cm³/mol. The van der Waals surface area contributed by atoms with Crippen LogP contribution in [0.4, 0.5) is 0 Å². The molecule has 0 radical (unpaired) electrons. The highest BCUT2D eigenvalue weighted by Crippen LogP contribution is 2.16. The van der Waals surface area contributed by atoms with Crippen LogP contribution in [0.2, 0.25) is 0 Å². The minimum absolute atomic E-state index is 0.471. The van der Waals surface area contributed by atoms with E-state index in [4.69, 9.17) is 6.42 Å². The summed E-state index contributed by atoms with van der Waals surface area (Å²) >= 11 is 0. The van der Waals surface area contributed by atoms with Crippen molar-refractivity contribution in [2.75, 3.05) is 0 Å². The number of hydrogen-bond donors (Lipinski definition) is 0. The number of aromatic nitrogens is 3. The van der Waals surface area contributed by atoms with E-state index in [0.717, 1.165) is 11.0 Å². The highest BCUT2D eigenvalue weighted by molar-refractivity contribution is 5.76. The summed E-state index contributed by atoms with van der Waals surface area (Å²) in [5.74, 6) is 2.56. The molecule has 0 N–H and O–H groups in total. The zero-order chi connectivity index (χ0) is 10.1. The van der Waals surface area contributed by atoms with E-state index in [1.54, 1.807) is 4.68 Å². The molecule has 1 heterocycles. The molecule has 2 aromatic rings. The lowest BCUT2D eigenvalue weighted by Gasteiger charge is -2.00. The summed E-state index contributed by atoms with van der Waals surface area (Å²) < 4.78 is 1.74. The van der Waals surface area contributed by atoms with Crippen LogP contribution in [0.5, 0.6) is 0 Å². The van der Waals surface area contributed by atoms with Gasteiger partial charge in [-0.05, 0) is 37.1 Å². The highest BCUT2D eigenvalue weighted by Gasteiger charge is 2.04. The molecule has 0 aliphatic rings. The maximum atomic E-state index is 5.24. The second-order valence-corrected chi connectivity index (χ2v) is 3.38. The maximum absolute atomic E-state index is 5.24. The van der Waals surface area contributed by atoms with Gasteiger partial charge in [0.1, 0.15) is 12.1 Å². The van der Waals surface area contributed by atoms with E-state index in [1.807, 2.05) is 6.07 Å². The molecule has 0 saturated heterocycles. The molecule has 14 heavy (non-hydrogen) atoms. The molecule has 0 bridgehead atoms. The molecule has 3 nitrogen and oxygen atoms in total. The van der Waals surface area contributed by atoms with E-state index in [-0.39, 0.29) is 0 Å². The van der Waals surface area contributed by atoms with Gasteiger partial charge < -0.3 is 0 Å². The third-order valence-corrected chi connectivity index (χ3v) is 2.37. The topological polar surface area (TPSA) is 30.7 Å². The van der Waals surface area contributed by atoms with Crippen LogP contribution in [0.1, 0.15) is 11.1 Å². The molecule has 0 atom stereocenters. The first-order chi connectivity index (χ1) is 6.72. The number of fused-ring (bicyclic) bond motifs is 1. The van der Waals surface area contributed by atoms with Gasteiger partial charge in [0.2, 0.25) is 0 Å². The molecular formula is C11H11N3. The molecule has 0 unspecified atom stereocenters. The molecule has 0 amide bonds. The van der Waals surface area contributed by atoms with Gasteiger partial charge in [0.25, 0.3) is 0 Å². The first-order valence-electron chi connectivity index (χ1n) is 4.46. The molecule has 0 spiro atoms. The van der Waals surface area contributed by atoms with Crippen LogP contribution in [-0.2, 0) is 6.54 Å². The number of rotatable bonds is 1. The van der Waals surface area contributed by atoms with E-state index >= 15 is 0 Å². The third-order valence-electron chi connectivity index (χ3n) is 2.37. The monoisotopic (exact) mass is 185 g/mol. The second kappa shape index (κ2) is 3.15. The summed E-state index contributed by atoms with van der Waals surface area (Å²) in [4.78, 5) is 0. The summed E-state index contributed by atoms with van der Waals surface area (Å²) in [6.45, 7) is 4.61. The van der Waals surface area contributed by atoms with Crippen LogP contribution < -0.4 is 0 Å². The molecule has 0 aliphatic carbocycles. The Bertz CT molecular complexity index is 517. The number of benzene rings is 1. The van der Waals surface area contributed by atoms with Gasteiger partial charge in [-0.15, -0.1) is 11.5 Å². The van der Waals surface area contributed by atoms with Crippen molar-refractivity contribution in [3.8, 4) is 12.3 Å². The summed E-state index contributed by atoms with van der Waals surface area (Å²) in [7, 11) is 0. The van der Waals surface area contributed by atoms with Crippen LogP contribution in [-0.4, -0.2) is 15.0 Å².